The van der Waals surface area contributed by atoms with E-state index in [1.807, 2.05) is 55.0 Å². The van der Waals surface area contributed by atoms with Crippen molar-refractivity contribution in [2.75, 3.05) is 39.3 Å². The Labute approximate surface area is 130 Å². The fraction of sp³-hybridized carbons (Fsp3) is 0.385. The number of thiocarbonyl (C=S) groups is 2. The van der Waals surface area contributed by atoms with Crippen LogP contribution in [0, 0.1) is 0 Å². The normalized spacial score (nSPS) is 9.95. The Morgan fingerprint density at radius 1 is 0.895 bits per heavy atom. The minimum atomic E-state index is 0.676. The number of thioether (sulfide) groups is 1. The average molecular weight is 314 g/mol. The van der Waals surface area contributed by atoms with Crippen molar-refractivity contribution >= 4 is 52.1 Å². The van der Waals surface area contributed by atoms with Gasteiger partial charge >= 0.3 is 0 Å². The highest BCUT2D eigenvalue weighted by Gasteiger charge is 2.19. The van der Waals surface area contributed by atoms with Crippen molar-refractivity contribution in [2.24, 2.45) is 0 Å². The van der Waals surface area contributed by atoms with Gasteiger partial charge in [-0.1, -0.05) is 0 Å². The van der Waals surface area contributed by atoms with Crippen molar-refractivity contribution < 1.29 is 0 Å². The number of anilines is 1. The van der Waals surface area contributed by atoms with Crippen molar-refractivity contribution in [3.05, 3.63) is 24.3 Å². The lowest BCUT2D eigenvalue weighted by Crippen LogP contribution is -2.47. The average Bonchev–Trinajstić information content (AvgIpc) is 2.39. The van der Waals surface area contributed by atoms with Crippen LogP contribution >= 0.6 is 36.2 Å². The molecule has 0 saturated heterocycles. The van der Waals surface area contributed by atoms with Crippen molar-refractivity contribution in [2.45, 2.75) is 4.90 Å². The second-order valence-corrected chi connectivity index (χ2v) is 6.00. The van der Waals surface area contributed by atoms with Crippen molar-refractivity contribution in [1.82, 2.24) is 9.80 Å². The minimum Gasteiger partial charge on any atom is -0.355 e. The summed E-state index contributed by atoms with van der Waals surface area (Å²) in [5.41, 5.74) is 0.982. The van der Waals surface area contributed by atoms with Crippen LogP contribution in [-0.4, -0.2) is 54.5 Å². The number of hydrogen-bond acceptors (Lipinski definition) is 3. The Balaban J connectivity index is 3.15. The summed E-state index contributed by atoms with van der Waals surface area (Å²) in [7, 11) is 7.68. The lowest BCUT2D eigenvalue weighted by Gasteiger charge is -2.32. The lowest BCUT2D eigenvalue weighted by atomic mass is 10.3. The van der Waals surface area contributed by atoms with Crippen LogP contribution < -0.4 is 4.90 Å². The molecule has 0 fully saturated rings. The Morgan fingerprint density at radius 2 is 1.32 bits per heavy atom. The Bertz CT molecular complexity index is 435. The van der Waals surface area contributed by atoms with E-state index >= 15 is 0 Å². The fourth-order valence-electron chi connectivity index (χ4n) is 1.43. The molecule has 0 unspecified atom stereocenters. The molecule has 0 heterocycles. The standard InChI is InChI=1S/C13H19N3S3/c1-14(2)12(17)16(13(18)15(3)4)10-6-8-11(19-5)9-7-10/h6-9H,1-5H3. The molecule has 19 heavy (non-hydrogen) atoms. The first-order valence-corrected chi connectivity index (χ1v) is 7.79. The van der Waals surface area contributed by atoms with Gasteiger partial charge in [-0.25, -0.2) is 0 Å². The van der Waals surface area contributed by atoms with E-state index in [4.69, 9.17) is 24.4 Å². The van der Waals surface area contributed by atoms with Gasteiger partial charge in [-0.15, -0.1) is 11.8 Å². The number of hydrogen-bond donors (Lipinski definition) is 0. The van der Waals surface area contributed by atoms with Gasteiger partial charge < -0.3 is 9.80 Å². The van der Waals surface area contributed by atoms with Crippen LogP contribution in [0.2, 0.25) is 0 Å². The summed E-state index contributed by atoms with van der Waals surface area (Å²) in [6.45, 7) is 0. The SMILES string of the molecule is CSc1ccc(N(C(=S)N(C)C)C(=S)N(C)C)cc1. The van der Waals surface area contributed by atoms with E-state index < -0.39 is 0 Å². The minimum absolute atomic E-state index is 0.676. The molecule has 3 nitrogen and oxygen atoms in total. The molecule has 0 spiro atoms. The summed E-state index contributed by atoms with van der Waals surface area (Å²) in [6, 6.07) is 8.22. The molecule has 6 heteroatoms. The van der Waals surface area contributed by atoms with Gasteiger partial charge in [0.1, 0.15) is 0 Å². The molecule has 0 bridgehead atoms. The monoisotopic (exact) mass is 313 g/mol. The van der Waals surface area contributed by atoms with E-state index in [2.05, 4.69) is 18.4 Å². The molecule has 1 aromatic rings. The molecular formula is C13H19N3S3. The van der Waals surface area contributed by atoms with E-state index in [0.29, 0.717) is 10.2 Å². The predicted molar refractivity (Wildman–Crippen MR) is 93.3 cm³/mol. The maximum absolute atomic E-state index is 5.47. The van der Waals surface area contributed by atoms with Gasteiger partial charge in [-0.3, -0.25) is 4.90 Å². The van der Waals surface area contributed by atoms with Gasteiger partial charge in [0.2, 0.25) is 0 Å². The van der Waals surface area contributed by atoms with E-state index in [0.717, 1.165) is 5.69 Å². The van der Waals surface area contributed by atoms with Gasteiger partial charge in [-0.05, 0) is 55.0 Å². The van der Waals surface area contributed by atoms with Crippen LogP contribution in [0.25, 0.3) is 0 Å². The number of nitrogens with zero attached hydrogens (tertiary/aromatic N) is 3. The van der Waals surface area contributed by atoms with Crippen molar-refractivity contribution in [3.63, 3.8) is 0 Å². The van der Waals surface area contributed by atoms with Crippen molar-refractivity contribution in [3.8, 4) is 0 Å². The summed E-state index contributed by atoms with van der Waals surface area (Å²) in [5.74, 6) is 0. The molecule has 0 saturated carbocycles. The zero-order chi connectivity index (χ0) is 14.6. The summed E-state index contributed by atoms with van der Waals surface area (Å²) in [4.78, 5) is 6.88. The Kier molecular flexibility index (Phi) is 6.03. The number of rotatable bonds is 2. The quantitative estimate of drug-likeness (QED) is 0.609. The van der Waals surface area contributed by atoms with Gasteiger partial charge in [0, 0.05) is 33.1 Å². The Morgan fingerprint density at radius 3 is 1.63 bits per heavy atom. The molecule has 0 amide bonds. The topological polar surface area (TPSA) is 9.72 Å². The predicted octanol–water partition coefficient (Wildman–Crippen LogP) is 2.91. The van der Waals surface area contributed by atoms with E-state index in [1.165, 1.54) is 4.90 Å². The van der Waals surface area contributed by atoms with Crippen LogP contribution in [0.1, 0.15) is 0 Å². The third-order valence-corrected chi connectivity index (χ3v) is 4.32. The van der Waals surface area contributed by atoms with Crippen LogP contribution in [0.15, 0.2) is 29.2 Å². The van der Waals surface area contributed by atoms with Crippen molar-refractivity contribution in [1.29, 1.82) is 0 Å². The first-order chi connectivity index (χ1) is 8.88. The molecular weight excluding hydrogens is 294 g/mol. The lowest BCUT2D eigenvalue weighted by molar-refractivity contribution is 0.603. The van der Waals surface area contributed by atoms with Gasteiger partial charge in [0.15, 0.2) is 10.2 Å². The molecule has 0 aliphatic heterocycles. The maximum Gasteiger partial charge on any atom is 0.182 e. The molecule has 1 aromatic carbocycles. The highest BCUT2D eigenvalue weighted by atomic mass is 32.2. The molecule has 0 radical (unpaired) electrons. The zero-order valence-electron chi connectivity index (χ0n) is 11.9. The largest absolute Gasteiger partial charge is 0.355 e. The molecule has 0 aliphatic rings. The first kappa shape index (κ1) is 16.2. The van der Waals surface area contributed by atoms with E-state index in [9.17, 15) is 0 Å². The van der Waals surface area contributed by atoms with Gasteiger partial charge in [0.25, 0.3) is 0 Å². The van der Waals surface area contributed by atoms with Gasteiger partial charge in [-0.2, -0.15) is 0 Å². The third-order valence-electron chi connectivity index (χ3n) is 2.48. The third kappa shape index (κ3) is 4.06. The molecule has 104 valence electrons. The first-order valence-electron chi connectivity index (χ1n) is 5.75. The van der Waals surface area contributed by atoms with Crippen LogP contribution in [0.5, 0.6) is 0 Å². The molecule has 0 aliphatic carbocycles. The second kappa shape index (κ2) is 7.07. The van der Waals surface area contributed by atoms with E-state index in [1.54, 1.807) is 11.8 Å². The summed E-state index contributed by atoms with van der Waals surface area (Å²) >= 11 is 12.7. The molecule has 0 atom stereocenters. The highest BCUT2D eigenvalue weighted by Crippen LogP contribution is 2.22. The molecule has 0 N–H and O–H groups in total. The summed E-state index contributed by atoms with van der Waals surface area (Å²) in [5, 5.41) is 1.35. The smallest absolute Gasteiger partial charge is 0.182 e. The Hall–Kier alpha value is -0.850. The number of benzene rings is 1. The zero-order valence-corrected chi connectivity index (χ0v) is 14.3. The van der Waals surface area contributed by atoms with E-state index in [-0.39, 0.29) is 0 Å². The highest BCUT2D eigenvalue weighted by molar-refractivity contribution is 7.98. The maximum atomic E-state index is 5.47. The summed E-state index contributed by atoms with van der Waals surface area (Å²) in [6.07, 6.45) is 2.06. The second-order valence-electron chi connectivity index (χ2n) is 4.39. The fourth-order valence-corrected chi connectivity index (χ4v) is 2.28. The van der Waals surface area contributed by atoms with Crippen LogP contribution in [0.3, 0.4) is 0 Å². The summed E-state index contributed by atoms with van der Waals surface area (Å²) < 4.78 is 0. The molecule has 0 aromatic heterocycles. The van der Waals surface area contributed by atoms with Crippen LogP contribution in [-0.2, 0) is 0 Å². The molecule has 1 rings (SSSR count). The van der Waals surface area contributed by atoms with Crippen LogP contribution in [0.4, 0.5) is 5.69 Å². The van der Waals surface area contributed by atoms with Gasteiger partial charge in [0.05, 0.1) is 5.69 Å².